The zero-order valence-electron chi connectivity index (χ0n) is 15.1. The van der Waals surface area contributed by atoms with Gasteiger partial charge in [-0.15, -0.1) is 0 Å². The molecule has 0 atom stereocenters. The van der Waals surface area contributed by atoms with Gasteiger partial charge in [0.15, 0.2) is 11.6 Å². The van der Waals surface area contributed by atoms with Gasteiger partial charge in [-0.05, 0) is 31.7 Å². The van der Waals surface area contributed by atoms with Gasteiger partial charge in [0.1, 0.15) is 5.82 Å². The van der Waals surface area contributed by atoms with Crippen molar-refractivity contribution in [1.82, 2.24) is 25.3 Å². The fourth-order valence-corrected chi connectivity index (χ4v) is 3.64. The minimum atomic E-state index is 0.511. The van der Waals surface area contributed by atoms with Crippen molar-refractivity contribution >= 4 is 17.6 Å². The molecule has 0 bridgehead atoms. The van der Waals surface area contributed by atoms with Gasteiger partial charge in [-0.25, -0.2) is 4.98 Å². The van der Waals surface area contributed by atoms with Crippen LogP contribution >= 0.6 is 0 Å². The van der Waals surface area contributed by atoms with Gasteiger partial charge in [-0.3, -0.25) is 5.10 Å². The van der Waals surface area contributed by atoms with Gasteiger partial charge in [0.05, 0.1) is 12.2 Å². The van der Waals surface area contributed by atoms with E-state index in [1.807, 2.05) is 12.1 Å². The van der Waals surface area contributed by atoms with Crippen molar-refractivity contribution in [3.8, 4) is 0 Å². The smallest absolute Gasteiger partial charge is 0.224 e. The number of nitrogens with zero attached hydrogens (tertiary/aromatic N) is 4. The van der Waals surface area contributed by atoms with Crippen molar-refractivity contribution in [2.75, 3.05) is 10.6 Å². The van der Waals surface area contributed by atoms with Crippen molar-refractivity contribution in [1.29, 1.82) is 0 Å². The van der Waals surface area contributed by atoms with Crippen LogP contribution in [0.3, 0.4) is 0 Å². The third-order valence-corrected chi connectivity index (χ3v) is 5.30. The fraction of sp³-hybridized carbons (Fsp3) is 0.474. The molecule has 0 unspecified atom stereocenters. The summed E-state index contributed by atoms with van der Waals surface area (Å²) in [4.78, 5) is 8.76. The number of nitrogens with one attached hydrogen (secondary N) is 3. The zero-order valence-corrected chi connectivity index (χ0v) is 15.1. The molecule has 0 radical (unpaired) electrons. The molecule has 3 heterocycles. The molecule has 0 spiro atoms. The SMILES string of the molecule is c1cc(Nc2cc(C3CCCC3)[nH]n2)nc(NCc2cc(C3CC3)no2)n1. The van der Waals surface area contributed by atoms with Crippen LogP contribution in [-0.2, 0) is 6.54 Å². The van der Waals surface area contributed by atoms with E-state index in [9.17, 15) is 0 Å². The number of anilines is 3. The van der Waals surface area contributed by atoms with Crippen molar-refractivity contribution in [2.24, 2.45) is 0 Å². The van der Waals surface area contributed by atoms with E-state index in [1.165, 1.54) is 44.2 Å². The van der Waals surface area contributed by atoms with E-state index in [-0.39, 0.29) is 0 Å². The zero-order chi connectivity index (χ0) is 18.1. The van der Waals surface area contributed by atoms with Crippen LogP contribution in [0.4, 0.5) is 17.6 Å². The first-order valence-electron chi connectivity index (χ1n) is 9.68. The Balaban J connectivity index is 1.20. The molecule has 0 amide bonds. The Morgan fingerprint density at radius 1 is 1.07 bits per heavy atom. The largest absolute Gasteiger partial charge is 0.359 e. The third-order valence-electron chi connectivity index (χ3n) is 5.30. The summed E-state index contributed by atoms with van der Waals surface area (Å²) in [5, 5.41) is 18.1. The molecule has 2 saturated carbocycles. The fourth-order valence-electron chi connectivity index (χ4n) is 3.64. The molecule has 0 aromatic carbocycles. The molecule has 2 aliphatic rings. The number of aromatic nitrogens is 5. The van der Waals surface area contributed by atoms with Gasteiger partial charge >= 0.3 is 0 Å². The van der Waals surface area contributed by atoms with Gasteiger partial charge in [0, 0.05) is 35.9 Å². The minimum Gasteiger partial charge on any atom is -0.359 e. The molecule has 2 fully saturated rings. The van der Waals surface area contributed by atoms with Crippen molar-refractivity contribution in [3.05, 3.63) is 41.5 Å². The molecule has 5 rings (SSSR count). The Kier molecular flexibility index (Phi) is 4.23. The molecule has 8 heteroatoms. The summed E-state index contributed by atoms with van der Waals surface area (Å²) in [5.41, 5.74) is 2.26. The van der Waals surface area contributed by atoms with Gasteiger partial charge in [-0.2, -0.15) is 10.1 Å². The summed E-state index contributed by atoms with van der Waals surface area (Å²) in [6, 6.07) is 5.93. The predicted molar refractivity (Wildman–Crippen MR) is 101 cm³/mol. The lowest BCUT2D eigenvalue weighted by atomic mass is 10.0. The Bertz CT molecular complexity index is 908. The first-order chi connectivity index (χ1) is 13.3. The number of hydrogen-bond acceptors (Lipinski definition) is 7. The van der Waals surface area contributed by atoms with Gasteiger partial charge in [-0.1, -0.05) is 18.0 Å². The summed E-state index contributed by atoms with van der Waals surface area (Å²) in [7, 11) is 0. The van der Waals surface area contributed by atoms with E-state index in [2.05, 4.69) is 42.0 Å². The highest BCUT2D eigenvalue weighted by Crippen LogP contribution is 2.39. The third kappa shape index (κ3) is 3.79. The van der Waals surface area contributed by atoms with Crippen molar-refractivity contribution in [2.45, 2.75) is 56.9 Å². The molecule has 2 aliphatic carbocycles. The summed E-state index contributed by atoms with van der Waals surface area (Å²) in [6.07, 6.45) is 9.25. The maximum Gasteiger partial charge on any atom is 0.224 e. The summed E-state index contributed by atoms with van der Waals surface area (Å²) >= 11 is 0. The van der Waals surface area contributed by atoms with E-state index in [1.54, 1.807) is 6.20 Å². The van der Waals surface area contributed by atoms with E-state index in [0.717, 1.165) is 17.3 Å². The second-order valence-corrected chi connectivity index (χ2v) is 7.43. The number of rotatable bonds is 7. The molecule has 3 N–H and O–H groups in total. The predicted octanol–water partition coefficient (Wildman–Crippen LogP) is 4.08. The molecule has 140 valence electrons. The number of aromatic amines is 1. The van der Waals surface area contributed by atoms with Crippen LogP contribution < -0.4 is 10.6 Å². The Labute approximate surface area is 157 Å². The molecule has 3 aromatic heterocycles. The Hall–Kier alpha value is -2.90. The lowest BCUT2D eigenvalue weighted by molar-refractivity contribution is 0.381. The van der Waals surface area contributed by atoms with Gasteiger partial charge < -0.3 is 15.2 Å². The van der Waals surface area contributed by atoms with E-state index >= 15 is 0 Å². The standard InChI is InChI=1S/C19H23N7O/c1-2-4-12(3-1)15-10-18(25-24-15)22-17-7-8-20-19(23-17)21-11-14-9-16(26-27-14)13-5-6-13/h7-10,12-13H,1-6,11H2,(H3,20,21,22,23,24,25). The highest BCUT2D eigenvalue weighted by Gasteiger charge is 2.27. The van der Waals surface area contributed by atoms with Crippen LogP contribution in [0.2, 0.25) is 0 Å². The van der Waals surface area contributed by atoms with Crippen LogP contribution in [0.1, 0.15) is 67.5 Å². The van der Waals surface area contributed by atoms with Crippen LogP contribution in [0.15, 0.2) is 28.9 Å². The van der Waals surface area contributed by atoms with Crippen LogP contribution in [-0.4, -0.2) is 25.3 Å². The maximum absolute atomic E-state index is 5.37. The highest BCUT2D eigenvalue weighted by atomic mass is 16.5. The average molecular weight is 365 g/mol. The second kappa shape index (κ2) is 7.02. The van der Waals surface area contributed by atoms with Crippen LogP contribution in [0, 0.1) is 0 Å². The molecule has 27 heavy (non-hydrogen) atoms. The summed E-state index contributed by atoms with van der Waals surface area (Å²) < 4.78 is 5.37. The number of hydrogen-bond donors (Lipinski definition) is 3. The van der Waals surface area contributed by atoms with Crippen LogP contribution in [0.5, 0.6) is 0 Å². The molecule has 8 nitrogen and oxygen atoms in total. The van der Waals surface area contributed by atoms with Gasteiger partial charge in [0.2, 0.25) is 5.95 Å². The van der Waals surface area contributed by atoms with Gasteiger partial charge in [0.25, 0.3) is 0 Å². The monoisotopic (exact) mass is 365 g/mol. The molecule has 3 aromatic rings. The van der Waals surface area contributed by atoms with Crippen molar-refractivity contribution in [3.63, 3.8) is 0 Å². The van der Waals surface area contributed by atoms with E-state index < -0.39 is 0 Å². The molecular weight excluding hydrogens is 342 g/mol. The highest BCUT2D eigenvalue weighted by molar-refractivity contribution is 5.53. The van der Waals surface area contributed by atoms with Crippen LogP contribution in [0.25, 0.3) is 0 Å². The van der Waals surface area contributed by atoms with Crippen molar-refractivity contribution < 1.29 is 4.52 Å². The van der Waals surface area contributed by atoms with E-state index in [4.69, 9.17) is 4.52 Å². The minimum absolute atomic E-state index is 0.511. The average Bonchev–Trinajstić information content (AvgIpc) is 3.09. The summed E-state index contributed by atoms with van der Waals surface area (Å²) in [6.45, 7) is 0.511. The lowest BCUT2D eigenvalue weighted by Gasteiger charge is -2.05. The quantitative estimate of drug-likeness (QED) is 0.579. The Morgan fingerprint density at radius 3 is 2.81 bits per heavy atom. The molecular formula is C19H23N7O. The summed E-state index contributed by atoms with van der Waals surface area (Å²) in [5.74, 6) is 4.02. The normalized spacial score (nSPS) is 17.3. The first-order valence-corrected chi connectivity index (χ1v) is 9.68. The molecule has 0 saturated heterocycles. The topological polar surface area (TPSA) is 105 Å². The second-order valence-electron chi connectivity index (χ2n) is 7.43. The van der Waals surface area contributed by atoms with E-state index in [0.29, 0.717) is 30.1 Å². The molecule has 0 aliphatic heterocycles. The number of H-pyrrole nitrogens is 1. The maximum atomic E-state index is 5.37. The Morgan fingerprint density at radius 2 is 1.96 bits per heavy atom. The first kappa shape index (κ1) is 16.3. The lowest BCUT2D eigenvalue weighted by Crippen LogP contribution is -2.04.